The Bertz CT molecular complexity index is 551. The summed E-state index contributed by atoms with van der Waals surface area (Å²) in [6.45, 7) is 5.85. The van der Waals surface area contributed by atoms with Crippen molar-refractivity contribution in [1.82, 2.24) is 15.0 Å². The summed E-state index contributed by atoms with van der Waals surface area (Å²) in [6.07, 6.45) is 2.95. The van der Waals surface area contributed by atoms with Gasteiger partial charge in [-0.3, -0.25) is 4.90 Å². The third-order valence-electron chi connectivity index (χ3n) is 3.12. The van der Waals surface area contributed by atoms with E-state index in [0.29, 0.717) is 18.4 Å². The molecule has 0 radical (unpaired) electrons. The van der Waals surface area contributed by atoms with E-state index in [1.54, 1.807) is 11.8 Å². The maximum atomic E-state index is 5.30. The number of aromatic nitrogens is 2. The third kappa shape index (κ3) is 5.17. The van der Waals surface area contributed by atoms with E-state index in [0.717, 1.165) is 18.8 Å². The highest BCUT2D eigenvalue weighted by atomic mass is 32.2. The second-order valence-electron chi connectivity index (χ2n) is 5.72. The van der Waals surface area contributed by atoms with Crippen molar-refractivity contribution in [2.24, 2.45) is 5.92 Å². The quantitative estimate of drug-likeness (QED) is 0.731. The summed E-state index contributed by atoms with van der Waals surface area (Å²) in [5.74, 6) is 2.04. The molecule has 114 valence electrons. The van der Waals surface area contributed by atoms with Crippen molar-refractivity contribution in [3.8, 4) is 0 Å². The minimum atomic E-state index is 0.545. The second-order valence-corrected chi connectivity index (χ2v) is 6.60. The standard InChI is InChI=1S/C16H23N3OS/c1-12(2)9-15-17-16(20-18-15)11-19(3)10-13-5-7-14(21-4)8-6-13/h5-8,12H,9-11H2,1-4H3. The van der Waals surface area contributed by atoms with Crippen molar-refractivity contribution in [3.05, 3.63) is 41.5 Å². The zero-order chi connectivity index (χ0) is 15.2. The van der Waals surface area contributed by atoms with Gasteiger partial charge in [-0.25, -0.2) is 0 Å². The Morgan fingerprint density at radius 3 is 2.52 bits per heavy atom. The van der Waals surface area contributed by atoms with E-state index in [2.05, 4.69) is 66.5 Å². The lowest BCUT2D eigenvalue weighted by Crippen LogP contribution is -2.17. The van der Waals surface area contributed by atoms with Gasteiger partial charge in [0, 0.05) is 17.9 Å². The van der Waals surface area contributed by atoms with Crippen LogP contribution < -0.4 is 0 Å². The zero-order valence-electron chi connectivity index (χ0n) is 13.2. The van der Waals surface area contributed by atoms with Gasteiger partial charge < -0.3 is 4.52 Å². The molecular weight excluding hydrogens is 282 g/mol. The Hall–Kier alpha value is -1.33. The minimum absolute atomic E-state index is 0.545. The van der Waals surface area contributed by atoms with E-state index in [1.165, 1.54) is 10.5 Å². The fourth-order valence-electron chi connectivity index (χ4n) is 2.13. The average Bonchev–Trinajstić information content (AvgIpc) is 2.85. The zero-order valence-corrected chi connectivity index (χ0v) is 14.0. The van der Waals surface area contributed by atoms with Gasteiger partial charge in [0.2, 0.25) is 5.89 Å². The molecule has 0 saturated carbocycles. The van der Waals surface area contributed by atoms with Crippen molar-refractivity contribution in [2.75, 3.05) is 13.3 Å². The Morgan fingerprint density at radius 2 is 1.90 bits per heavy atom. The van der Waals surface area contributed by atoms with Crippen molar-refractivity contribution >= 4 is 11.8 Å². The highest BCUT2D eigenvalue weighted by Crippen LogP contribution is 2.16. The van der Waals surface area contributed by atoms with Crippen LogP contribution in [-0.4, -0.2) is 28.3 Å². The smallest absolute Gasteiger partial charge is 0.240 e. The molecule has 2 aromatic rings. The number of thioether (sulfide) groups is 1. The summed E-state index contributed by atoms with van der Waals surface area (Å²) in [7, 11) is 2.06. The number of rotatable bonds is 7. The molecule has 0 atom stereocenters. The molecule has 0 fully saturated rings. The fourth-order valence-corrected chi connectivity index (χ4v) is 2.54. The molecule has 0 saturated heterocycles. The van der Waals surface area contributed by atoms with Gasteiger partial charge in [-0.15, -0.1) is 11.8 Å². The molecule has 1 aromatic carbocycles. The summed E-state index contributed by atoms with van der Waals surface area (Å²) < 4.78 is 5.30. The van der Waals surface area contributed by atoms with Crippen LogP contribution in [0.5, 0.6) is 0 Å². The predicted octanol–water partition coefficient (Wildman–Crippen LogP) is 3.62. The van der Waals surface area contributed by atoms with Crippen LogP contribution in [0.1, 0.15) is 31.1 Å². The molecule has 0 aliphatic heterocycles. The summed E-state index contributed by atoms with van der Waals surface area (Å²) in [4.78, 5) is 7.91. The first-order valence-corrected chi connectivity index (χ1v) is 8.42. The number of benzene rings is 1. The Labute approximate surface area is 130 Å². The van der Waals surface area contributed by atoms with E-state index in [9.17, 15) is 0 Å². The van der Waals surface area contributed by atoms with E-state index >= 15 is 0 Å². The van der Waals surface area contributed by atoms with Gasteiger partial charge in [-0.1, -0.05) is 31.1 Å². The van der Waals surface area contributed by atoms with Crippen LogP contribution in [-0.2, 0) is 19.5 Å². The fraction of sp³-hybridized carbons (Fsp3) is 0.500. The number of hydrogen-bond donors (Lipinski definition) is 0. The van der Waals surface area contributed by atoms with Crippen LogP contribution in [0.3, 0.4) is 0 Å². The molecule has 0 spiro atoms. The van der Waals surface area contributed by atoms with Gasteiger partial charge >= 0.3 is 0 Å². The van der Waals surface area contributed by atoms with E-state index < -0.39 is 0 Å². The Kier molecular flexibility index (Phi) is 5.82. The Morgan fingerprint density at radius 1 is 1.19 bits per heavy atom. The van der Waals surface area contributed by atoms with Crippen LogP contribution in [0.4, 0.5) is 0 Å². The second kappa shape index (κ2) is 7.61. The molecule has 1 heterocycles. The summed E-state index contributed by atoms with van der Waals surface area (Å²) >= 11 is 1.76. The molecule has 0 amide bonds. The minimum Gasteiger partial charge on any atom is -0.338 e. The molecule has 0 aliphatic rings. The molecule has 0 bridgehead atoms. The van der Waals surface area contributed by atoms with Crippen molar-refractivity contribution in [1.29, 1.82) is 0 Å². The van der Waals surface area contributed by atoms with Gasteiger partial charge in [0.15, 0.2) is 5.82 Å². The average molecular weight is 305 g/mol. The Balaban J connectivity index is 1.88. The lowest BCUT2D eigenvalue weighted by Gasteiger charge is -2.14. The molecule has 5 heteroatoms. The van der Waals surface area contributed by atoms with E-state index in [4.69, 9.17) is 4.52 Å². The monoisotopic (exact) mass is 305 g/mol. The molecule has 1 aromatic heterocycles. The van der Waals surface area contributed by atoms with Gasteiger partial charge in [-0.05, 0) is 36.9 Å². The molecular formula is C16H23N3OS. The van der Waals surface area contributed by atoms with Crippen LogP contribution >= 0.6 is 11.8 Å². The maximum Gasteiger partial charge on any atom is 0.240 e. The highest BCUT2D eigenvalue weighted by molar-refractivity contribution is 7.98. The molecule has 21 heavy (non-hydrogen) atoms. The summed E-state index contributed by atoms with van der Waals surface area (Å²) in [5.41, 5.74) is 1.29. The van der Waals surface area contributed by atoms with Gasteiger partial charge in [0.1, 0.15) is 0 Å². The third-order valence-corrected chi connectivity index (χ3v) is 3.86. The van der Waals surface area contributed by atoms with Crippen LogP contribution in [0.15, 0.2) is 33.7 Å². The van der Waals surface area contributed by atoms with Gasteiger partial charge in [0.05, 0.1) is 6.54 Å². The molecule has 0 aliphatic carbocycles. The summed E-state index contributed by atoms with van der Waals surface area (Å²) in [6, 6.07) is 8.64. The SMILES string of the molecule is CSc1ccc(CN(C)Cc2nc(CC(C)C)no2)cc1. The lowest BCUT2D eigenvalue weighted by molar-refractivity contribution is 0.260. The topological polar surface area (TPSA) is 42.2 Å². The molecule has 4 nitrogen and oxygen atoms in total. The lowest BCUT2D eigenvalue weighted by atomic mass is 10.1. The van der Waals surface area contributed by atoms with Crippen molar-refractivity contribution in [2.45, 2.75) is 38.3 Å². The van der Waals surface area contributed by atoms with Crippen molar-refractivity contribution in [3.63, 3.8) is 0 Å². The maximum absolute atomic E-state index is 5.30. The highest BCUT2D eigenvalue weighted by Gasteiger charge is 2.10. The molecule has 0 N–H and O–H groups in total. The van der Waals surface area contributed by atoms with E-state index in [1.807, 2.05) is 0 Å². The van der Waals surface area contributed by atoms with Crippen LogP contribution in [0, 0.1) is 5.92 Å². The van der Waals surface area contributed by atoms with Gasteiger partial charge in [0.25, 0.3) is 0 Å². The van der Waals surface area contributed by atoms with Crippen LogP contribution in [0.2, 0.25) is 0 Å². The number of nitrogens with zero attached hydrogens (tertiary/aromatic N) is 3. The predicted molar refractivity (Wildman–Crippen MR) is 86.2 cm³/mol. The first kappa shape index (κ1) is 16.0. The summed E-state index contributed by atoms with van der Waals surface area (Å²) in [5, 5.41) is 4.02. The molecule has 0 unspecified atom stereocenters. The first-order valence-electron chi connectivity index (χ1n) is 7.19. The van der Waals surface area contributed by atoms with Gasteiger partial charge in [-0.2, -0.15) is 4.98 Å². The van der Waals surface area contributed by atoms with Crippen molar-refractivity contribution < 1.29 is 4.52 Å². The van der Waals surface area contributed by atoms with E-state index in [-0.39, 0.29) is 0 Å². The molecule has 2 rings (SSSR count). The van der Waals surface area contributed by atoms with Crippen LogP contribution in [0.25, 0.3) is 0 Å². The number of hydrogen-bond acceptors (Lipinski definition) is 5. The first-order chi connectivity index (χ1) is 10.1. The largest absolute Gasteiger partial charge is 0.338 e. The normalized spacial score (nSPS) is 11.5.